The fourth-order valence-corrected chi connectivity index (χ4v) is 2.69. The first-order chi connectivity index (χ1) is 10.0. The molecule has 1 atom stereocenters. The Labute approximate surface area is 133 Å². The van der Waals surface area contributed by atoms with Crippen LogP contribution in [0.2, 0.25) is 0 Å². The van der Waals surface area contributed by atoms with E-state index in [1.165, 1.54) is 10.5 Å². The first-order valence-corrected chi connectivity index (χ1v) is 8.41. The van der Waals surface area contributed by atoms with E-state index >= 15 is 0 Å². The minimum atomic E-state index is 0.482. The van der Waals surface area contributed by atoms with Crippen LogP contribution in [0, 0.1) is 0 Å². The Kier molecular flexibility index (Phi) is 7.93. The van der Waals surface area contributed by atoms with Crippen molar-refractivity contribution in [2.75, 3.05) is 41.1 Å². The van der Waals surface area contributed by atoms with Gasteiger partial charge in [-0.2, -0.15) is 0 Å². The lowest BCUT2D eigenvalue weighted by Crippen LogP contribution is -2.29. The third-order valence-corrected chi connectivity index (χ3v) is 4.26. The summed E-state index contributed by atoms with van der Waals surface area (Å²) in [4.78, 5) is 3.43. The molecule has 0 saturated carbocycles. The highest BCUT2D eigenvalue weighted by Gasteiger charge is 2.11. The number of thioether (sulfide) groups is 1. The quantitative estimate of drug-likeness (QED) is 0.709. The van der Waals surface area contributed by atoms with E-state index in [9.17, 15) is 0 Å². The molecule has 0 spiro atoms. The molecule has 1 aromatic carbocycles. The number of methoxy groups -OCH3 is 2. The molecular weight excluding hydrogens is 284 g/mol. The number of hydrogen-bond donors (Lipinski definition) is 1. The third-order valence-electron chi connectivity index (χ3n) is 3.44. The molecule has 0 aromatic heterocycles. The highest BCUT2D eigenvalue weighted by molar-refractivity contribution is 7.98. The minimum Gasteiger partial charge on any atom is -0.493 e. The van der Waals surface area contributed by atoms with E-state index in [1.807, 2.05) is 6.07 Å². The summed E-state index contributed by atoms with van der Waals surface area (Å²) in [5.74, 6) is 1.57. The summed E-state index contributed by atoms with van der Waals surface area (Å²) in [6.07, 6.45) is 3.22. The molecule has 0 bridgehead atoms. The van der Waals surface area contributed by atoms with Crippen LogP contribution in [-0.4, -0.2) is 52.1 Å². The summed E-state index contributed by atoms with van der Waals surface area (Å²) < 4.78 is 10.8. The summed E-state index contributed by atoms with van der Waals surface area (Å²) in [6, 6.07) is 4.59. The topological polar surface area (TPSA) is 33.7 Å². The molecule has 1 N–H and O–H groups in total. The number of hydrogen-bond acceptors (Lipinski definition) is 5. The first kappa shape index (κ1) is 18.1. The second kappa shape index (κ2) is 9.18. The van der Waals surface area contributed by atoms with Gasteiger partial charge in [0.1, 0.15) is 0 Å². The zero-order valence-corrected chi connectivity index (χ0v) is 14.8. The minimum absolute atomic E-state index is 0.482. The van der Waals surface area contributed by atoms with Crippen LogP contribution in [0.15, 0.2) is 17.0 Å². The van der Waals surface area contributed by atoms with Crippen molar-refractivity contribution < 1.29 is 9.47 Å². The fourth-order valence-electron chi connectivity index (χ4n) is 2.07. The van der Waals surface area contributed by atoms with E-state index in [-0.39, 0.29) is 0 Å². The standard InChI is InChI=1S/C16H28N2O2S/c1-12(7-8-18(2)3)17-11-13-9-14(19-4)15(20-5)10-16(13)21-6/h9-10,12,17H,7-8,11H2,1-6H3. The van der Waals surface area contributed by atoms with E-state index in [2.05, 4.69) is 43.6 Å². The van der Waals surface area contributed by atoms with Crippen molar-refractivity contribution in [1.29, 1.82) is 0 Å². The predicted octanol–water partition coefficient (Wildman–Crippen LogP) is 2.86. The maximum atomic E-state index is 5.39. The Balaban J connectivity index is 2.73. The monoisotopic (exact) mass is 312 g/mol. The second-order valence-corrected chi connectivity index (χ2v) is 6.24. The van der Waals surface area contributed by atoms with E-state index in [0.717, 1.165) is 31.0 Å². The molecule has 1 aromatic rings. The lowest BCUT2D eigenvalue weighted by Gasteiger charge is -2.19. The van der Waals surface area contributed by atoms with Gasteiger partial charge in [-0.25, -0.2) is 0 Å². The largest absolute Gasteiger partial charge is 0.493 e. The molecule has 4 nitrogen and oxygen atoms in total. The van der Waals surface area contributed by atoms with Gasteiger partial charge in [0, 0.05) is 17.5 Å². The van der Waals surface area contributed by atoms with Crippen molar-refractivity contribution in [1.82, 2.24) is 10.2 Å². The molecule has 0 aliphatic heterocycles. The summed E-state index contributed by atoms with van der Waals surface area (Å²) >= 11 is 1.73. The van der Waals surface area contributed by atoms with Crippen molar-refractivity contribution in [2.45, 2.75) is 30.8 Å². The lowest BCUT2D eigenvalue weighted by atomic mass is 10.1. The average molecular weight is 312 g/mol. The average Bonchev–Trinajstić information content (AvgIpc) is 2.49. The van der Waals surface area contributed by atoms with Gasteiger partial charge in [0.25, 0.3) is 0 Å². The molecule has 21 heavy (non-hydrogen) atoms. The Bertz CT molecular complexity index is 439. The van der Waals surface area contributed by atoms with E-state index in [0.29, 0.717) is 6.04 Å². The molecular formula is C16H28N2O2S. The Morgan fingerprint density at radius 1 is 1.19 bits per heavy atom. The van der Waals surface area contributed by atoms with Crippen LogP contribution in [0.1, 0.15) is 18.9 Å². The van der Waals surface area contributed by atoms with Gasteiger partial charge in [-0.05, 0) is 57.9 Å². The van der Waals surface area contributed by atoms with Gasteiger partial charge in [-0.15, -0.1) is 11.8 Å². The number of nitrogens with zero attached hydrogens (tertiary/aromatic N) is 1. The molecule has 0 heterocycles. The van der Waals surface area contributed by atoms with Crippen molar-refractivity contribution in [3.63, 3.8) is 0 Å². The molecule has 0 amide bonds. The lowest BCUT2D eigenvalue weighted by molar-refractivity contribution is 0.352. The van der Waals surface area contributed by atoms with E-state index in [1.54, 1.807) is 26.0 Å². The van der Waals surface area contributed by atoms with Crippen LogP contribution >= 0.6 is 11.8 Å². The molecule has 1 unspecified atom stereocenters. The van der Waals surface area contributed by atoms with Gasteiger partial charge in [0.05, 0.1) is 14.2 Å². The summed E-state index contributed by atoms with van der Waals surface area (Å²) in [5, 5.41) is 3.58. The van der Waals surface area contributed by atoms with Crippen molar-refractivity contribution in [3.05, 3.63) is 17.7 Å². The Hall–Kier alpha value is -0.910. The van der Waals surface area contributed by atoms with E-state index in [4.69, 9.17) is 9.47 Å². The van der Waals surface area contributed by atoms with Crippen molar-refractivity contribution >= 4 is 11.8 Å². The van der Waals surface area contributed by atoms with Gasteiger partial charge in [0.2, 0.25) is 0 Å². The SMILES string of the molecule is COc1cc(CNC(C)CCN(C)C)c(SC)cc1OC. The van der Waals surface area contributed by atoms with Crippen LogP contribution in [0.25, 0.3) is 0 Å². The molecule has 0 saturated heterocycles. The Morgan fingerprint density at radius 3 is 2.33 bits per heavy atom. The molecule has 0 aliphatic carbocycles. The van der Waals surface area contributed by atoms with Gasteiger partial charge in [-0.1, -0.05) is 0 Å². The summed E-state index contributed by atoms with van der Waals surface area (Å²) in [6.45, 7) is 4.16. The zero-order valence-electron chi connectivity index (χ0n) is 14.0. The van der Waals surface area contributed by atoms with Crippen molar-refractivity contribution in [2.24, 2.45) is 0 Å². The van der Waals surface area contributed by atoms with E-state index < -0.39 is 0 Å². The maximum Gasteiger partial charge on any atom is 0.161 e. The number of rotatable bonds is 9. The highest BCUT2D eigenvalue weighted by atomic mass is 32.2. The zero-order chi connectivity index (χ0) is 15.8. The van der Waals surface area contributed by atoms with Crippen LogP contribution in [0.5, 0.6) is 11.5 Å². The van der Waals surface area contributed by atoms with Crippen LogP contribution in [-0.2, 0) is 6.54 Å². The van der Waals surface area contributed by atoms with Crippen LogP contribution in [0.3, 0.4) is 0 Å². The van der Waals surface area contributed by atoms with Gasteiger partial charge >= 0.3 is 0 Å². The van der Waals surface area contributed by atoms with Crippen molar-refractivity contribution in [3.8, 4) is 11.5 Å². The molecule has 0 aliphatic rings. The maximum absolute atomic E-state index is 5.39. The van der Waals surface area contributed by atoms with Crippen LogP contribution < -0.4 is 14.8 Å². The third kappa shape index (κ3) is 5.77. The molecule has 1 rings (SSSR count). The highest BCUT2D eigenvalue weighted by Crippen LogP contribution is 2.34. The molecule has 120 valence electrons. The van der Waals surface area contributed by atoms with Gasteiger partial charge in [0.15, 0.2) is 11.5 Å². The number of ether oxygens (including phenoxy) is 2. The van der Waals surface area contributed by atoms with Crippen LogP contribution in [0.4, 0.5) is 0 Å². The normalized spacial score (nSPS) is 12.5. The Morgan fingerprint density at radius 2 is 1.81 bits per heavy atom. The molecule has 0 radical (unpaired) electrons. The fraction of sp³-hybridized carbons (Fsp3) is 0.625. The predicted molar refractivity (Wildman–Crippen MR) is 90.8 cm³/mol. The number of benzene rings is 1. The molecule has 0 fully saturated rings. The smallest absolute Gasteiger partial charge is 0.161 e. The second-order valence-electron chi connectivity index (χ2n) is 5.39. The van der Waals surface area contributed by atoms with Gasteiger partial charge < -0.3 is 19.7 Å². The summed E-state index contributed by atoms with van der Waals surface area (Å²) in [7, 11) is 7.55. The number of nitrogens with one attached hydrogen (secondary N) is 1. The first-order valence-electron chi connectivity index (χ1n) is 7.18. The summed E-state index contributed by atoms with van der Waals surface area (Å²) in [5.41, 5.74) is 1.25. The van der Waals surface area contributed by atoms with Gasteiger partial charge in [-0.3, -0.25) is 0 Å². The molecule has 5 heteroatoms.